The lowest BCUT2D eigenvalue weighted by Crippen LogP contribution is -2.35. The lowest BCUT2D eigenvalue weighted by Gasteiger charge is -1.97. The summed E-state index contributed by atoms with van der Waals surface area (Å²) >= 11 is 0. The van der Waals surface area contributed by atoms with E-state index in [9.17, 15) is 9.90 Å². The van der Waals surface area contributed by atoms with Gasteiger partial charge in [0, 0.05) is 11.5 Å². The van der Waals surface area contributed by atoms with Crippen LogP contribution in [0.4, 0.5) is 0 Å². The van der Waals surface area contributed by atoms with E-state index in [0.717, 1.165) is 10.8 Å². The Kier molecular flexibility index (Phi) is 2.08. The lowest BCUT2D eigenvalue weighted by molar-refractivity contribution is -0.577. The predicted molar refractivity (Wildman–Crippen MR) is 60.9 cm³/mol. The highest BCUT2D eigenvalue weighted by Gasteiger charge is 2.33. The monoisotopic (exact) mass is 228 g/mol. The largest absolute Gasteiger partial charge is 0.503 e. The summed E-state index contributed by atoms with van der Waals surface area (Å²) in [4.78, 5) is 11.5. The maximum absolute atomic E-state index is 11.5. The first-order chi connectivity index (χ1) is 8.25. The third kappa shape index (κ3) is 1.54. The van der Waals surface area contributed by atoms with Gasteiger partial charge in [0.2, 0.25) is 5.76 Å². The molecule has 1 N–H and O–H groups in total. The zero-order chi connectivity index (χ0) is 11.8. The molecule has 4 heteroatoms. The molecule has 0 aliphatic carbocycles. The van der Waals surface area contributed by atoms with Gasteiger partial charge in [-0.15, -0.1) is 0 Å². The van der Waals surface area contributed by atoms with Crippen molar-refractivity contribution in [1.29, 1.82) is 0 Å². The molecule has 1 aliphatic rings. The first-order valence-electron chi connectivity index (χ1n) is 5.25. The molecule has 0 bridgehead atoms. The van der Waals surface area contributed by atoms with E-state index in [1.165, 1.54) is 0 Å². The van der Waals surface area contributed by atoms with Crippen molar-refractivity contribution >= 4 is 22.4 Å². The van der Waals surface area contributed by atoms with Crippen molar-refractivity contribution < 1.29 is 19.2 Å². The van der Waals surface area contributed by atoms with Crippen molar-refractivity contribution in [3.8, 4) is 0 Å². The second kappa shape index (κ2) is 3.59. The predicted octanol–water partition coefficient (Wildman–Crippen LogP) is 1.41. The average Bonchev–Trinajstić information content (AvgIpc) is 2.68. The van der Waals surface area contributed by atoms with Gasteiger partial charge in [0.05, 0.1) is 0 Å². The maximum Gasteiger partial charge on any atom is 0.408 e. The summed E-state index contributed by atoms with van der Waals surface area (Å²) in [5.74, 6) is -0.530. The van der Waals surface area contributed by atoms with E-state index < -0.39 is 5.97 Å². The van der Waals surface area contributed by atoms with Gasteiger partial charge >= 0.3 is 11.7 Å². The zero-order valence-electron chi connectivity index (χ0n) is 8.96. The Bertz CT molecular complexity index is 646. The molecule has 17 heavy (non-hydrogen) atoms. The molecule has 0 amide bonds. The van der Waals surface area contributed by atoms with Crippen molar-refractivity contribution in [2.75, 3.05) is 6.61 Å². The van der Waals surface area contributed by atoms with Crippen molar-refractivity contribution in [3.63, 3.8) is 0 Å². The Morgan fingerprint density at radius 2 is 1.94 bits per heavy atom. The van der Waals surface area contributed by atoms with E-state index in [1.807, 2.05) is 30.3 Å². The van der Waals surface area contributed by atoms with E-state index in [0.29, 0.717) is 0 Å². The first kappa shape index (κ1) is 9.84. The Morgan fingerprint density at radius 1 is 1.18 bits per heavy atom. The zero-order valence-corrected chi connectivity index (χ0v) is 8.96. The molecular formula is C13H10NO3+. The average molecular weight is 228 g/mol. The molecule has 84 valence electrons. The highest BCUT2D eigenvalue weighted by Crippen LogP contribution is 2.15. The number of rotatable bonds is 1. The summed E-state index contributed by atoms with van der Waals surface area (Å²) < 4.78 is 6.35. The molecule has 0 spiro atoms. The van der Waals surface area contributed by atoms with Crippen LogP contribution in [0.3, 0.4) is 0 Å². The van der Waals surface area contributed by atoms with Gasteiger partial charge in [-0.1, -0.05) is 18.2 Å². The molecule has 2 heterocycles. The van der Waals surface area contributed by atoms with Crippen LogP contribution in [-0.4, -0.2) is 17.7 Å². The quantitative estimate of drug-likeness (QED) is 0.593. The number of aromatic nitrogens is 1. The molecule has 0 saturated heterocycles. The number of carbonyl (C=O) groups excluding carboxylic acids is 1. The minimum absolute atomic E-state index is 0.0321. The fourth-order valence-electron chi connectivity index (χ4n) is 1.92. The van der Waals surface area contributed by atoms with Gasteiger partial charge in [0.15, 0.2) is 19.0 Å². The van der Waals surface area contributed by atoms with Crippen LogP contribution in [0.5, 0.6) is 0 Å². The third-order valence-corrected chi connectivity index (χ3v) is 2.75. The SMILES string of the molecule is O=C1OCC(O)=C1[n+]1ccc2ccccc2c1. The van der Waals surface area contributed by atoms with Crippen LogP contribution in [0.25, 0.3) is 16.5 Å². The summed E-state index contributed by atoms with van der Waals surface area (Å²) in [6.07, 6.45) is 3.54. The van der Waals surface area contributed by atoms with E-state index in [4.69, 9.17) is 4.74 Å². The number of hydrogen-bond donors (Lipinski definition) is 1. The molecule has 0 unspecified atom stereocenters. The van der Waals surface area contributed by atoms with Gasteiger partial charge in [0.25, 0.3) is 0 Å². The minimum Gasteiger partial charge on any atom is -0.503 e. The Labute approximate surface area is 97.4 Å². The number of cyclic esters (lactones) is 1. The van der Waals surface area contributed by atoms with Gasteiger partial charge in [-0.05, 0) is 11.5 Å². The van der Waals surface area contributed by atoms with E-state index in [1.54, 1.807) is 17.0 Å². The number of ether oxygens (including phenoxy) is 1. The smallest absolute Gasteiger partial charge is 0.408 e. The Morgan fingerprint density at radius 3 is 2.65 bits per heavy atom. The normalized spacial score (nSPS) is 15.4. The fourth-order valence-corrected chi connectivity index (χ4v) is 1.92. The number of esters is 1. The van der Waals surface area contributed by atoms with Crippen molar-refractivity contribution in [2.24, 2.45) is 0 Å². The van der Waals surface area contributed by atoms with Crippen LogP contribution in [0.15, 0.2) is 48.5 Å². The van der Waals surface area contributed by atoms with Gasteiger partial charge in [-0.3, -0.25) is 0 Å². The molecular weight excluding hydrogens is 218 g/mol. The lowest BCUT2D eigenvalue weighted by atomic mass is 10.2. The van der Waals surface area contributed by atoms with E-state index in [-0.39, 0.29) is 18.1 Å². The standard InChI is InChI=1S/C13H9NO3/c15-11-8-17-13(16)12(11)14-6-5-9-3-1-2-4-10(9)7-14/h1-7H,8H2/p+1. The molecule has 0 fully saturated rings. The van der Waals surface area contributed by atoms with E-state index >= 15 is 0 Å². The molecule has 1 aromatic heterocycles. The van der Waals surface area contributed by atoms with Gasteiger partial charge < -0.3 is 9.84 Å². The summed E-state index contributed by atoms with van der Waals surface area (Å²) in [7, 11) is 0. The summed E-state index contributed by atoms with van der Waals surface area (Å²) in [5, 5.41) is 11.7. The first-order valence-corrected chi connectivity index (χ1v) is 5.25. The number of carbonyl (C=O) groups is 1. The van der Waals surface area contributed by atoms with Gasteiger partial charge in [-0.2, -0.15) is 4.57 Å². The van der Waals surface area contributed by atoms with Crippen molar-refractivity contribution in [1.82, 2.24) is 0 Å². The van der Waals surface area contributed by atoms with Crippen LogP contribution in [0, 0.1) is 0 Å². The second-order valence-corrected chi connectivity index (χ2v) is 3.85. The number of benzene rings is 1. The summed E-state index contributed by atoms with van der Waals surface area (Å²) in [5.41, 5.74) is 0.191. The number of aliphatic hydroxyl groups is 1. The Balaban J connectivity index is 2.19. The van der Waals surface area contributed by atoms with Crippen LogP contribution in [0.2, 0.25) is 0 Å². The second-order valence-electron chi connectivity index (χ2n) is 3.85. The van der Waals surface area contributed by atoms with Gasteiger partial charge in [0.1, 0.15) is 0 Å². The molecule has 3 rings (SSSR count). The summed E-state index contributed by atoms with van der Waals surface area (Å²) in [6, 6.07) is 9.70. The van der Waals surface area contributed by atoms with E-state index in [2.05, 4.69) is 0 Å². The topological polar surface area (TPSA) is 50.4 Å². The fraction of sp³-hybridized carbons (Fsp3) is 0.0769. The molecule has 0 atom stereocenters. The molecule has 0 radical (unpaired) electrons. The molecule has 4 nitrogen and oxygen atoms in total. The van der Waals surface area contributed by atoms with Crippen LogP contribution < -0.4 is 4.57 Å². The van der Waals surface area contributed by atoms with Crippen molar-refractivity contribution in [2.45, 2.75) is 0 Å². The number of pyridine rings is 1. The third-order valence-electron chi connectivity index (χ3n) is 2.75. The minimum atomic E-state index is -0.497. The molecule has 1 aliphatic heterocycles. The van der Waals surface area contributed by atoms with Gasteiger partial charge in [-0.25, -0.2) is 4.79 Å². The number of nitrogens with zero attached hydrogens (tertiary/aromatic N) is 1. The van der Waals surface area contributed by atoms with Crippen LogP contribution in [-0.2, 0) is 9.53 Å². The highest BCUT2D eigenvalue weighted by molar-refractivity contribution is 6.08. The molecule has 1 aromatic carbocycles. The maximum atomic E-state index is 11.5. The number of fused-ring (bicyclic) bond motifs is 1. The summed E-state index contributed by atoms with van der Waals surface area (Å²) in [6.45, 7) is -0.0476. The van der Waals surface area contributed by atoms with Crippen LogP contribution >= 0.6 is 0 Å². The Hall–Kier alpha value is -2.36. The number of aliphatic hydroxyl groups excluding tert-OH is 1. The van der Waals surface area contributed by atoms with Crippen LogP contribution in [0.1, 0.15) is 0 Å². The highest BCUT2D eigenvalue weighted by atomic mass is 16.5. The number of hydrogen-bond acceptors (Lipinski definition) is 3. The molecule has 2 aromatic rings. The van der Waals surface area contributed by atoms with Crippen molar-refractivity contribution in [3.05, 3.63) is 48.5 Å². The molecule has 0 saturated carbocycles.